The fraction of sp³-hybridized carbons (Fsp3) is 0.471. The van der Waals surface area contributed by atoms with Gasteiger partial charge in [0.15, 0.2) is 5.60 Å². The molecule has 0 saturated carbocycles. The normalized spacial score (nSPS) is 18.2. The van der Waals surface area contributed by atoms with Crippen molar-refractivity contribution in [2.45, 2.75) is 19.4 Å². The van der Waals surface area contributed by atoms with Gasteiger partial charge in [0.1, 0.15) is 0 Å². The molecule has 21 heavy (non-hydrogen) atoms. The number of nitrogens with zero attached hydrogens (tertiary/aromatic N) is 1. The van der Waals surface area contributed by atoms with Crippen molar-refractivity contribution in [1.29, 1.82) is 0 Å². The summed E-state index contributed by atoms with van der Waals surface area (Å²) in [4.78, 5) is 13.6. The summed E-state index contributed by atoms with van der Waals surface area (Å²) in [6, 6.07) is 9.61. The lowest BCUT2D eigenvalue weighted by atomic mass is 9.96. The smallest absolute Gasteiger partial charge is 0.304 e. The fourth-order valence-electron chi connectivity index (χ4n) is 2.28. The third-order valence-corrected chi connectivity index (χ3v) is 3.41. The highest BCUT2D eigenvalue weighted by Crippen LogP contribution is 2.24. The standard InChI is InChI=1S/C17H21NO3/c1-15(19)21-17(2,16-7-4-3-5-8-16)9-6-10-18-11-13-20-14-12-18/h3-5,7-8H,10-14H2,1-2H3/t17-/m1/s1. The molecule has 0 spiro atoms. The van der Waals surface area contributed by atoms with Crippen LogP contribution in [0.3, 0.4) is 0 Å². The first-order valence-corrected chi connectivity index (χ1v) is 7.15. The molecule has 0 N–H and O–H groups in total. The molecule has 112 valence electrons. The maximum absolute atomic E-state index is 11.4. The number of ether oxygens (including phenoxy) is 2. The number of hydrogen-bond acceptors (Lipinski definition) is 4. The van der Waals surface area contributed by atoms with Crippen LogP contribution in [-0.2, 0) is 19.9 Å². The number of esters is 1. The van der Waals surface area contributed by atoms with Crippen LogP contribution in [0.15, 0.2) is 30.3 Å². The number of benzene rings is 1. The first-order chi connectivity index (χ1) is 10.1. The van der Waals surface area contributed by atoms with Crippen LogP contribution in [0, 0.1) is 11.8 Å². The van der Waals surface area contributed by atoms with Gasteiger partial charge in [-0.1, -0.05) is 36.3 Å². The second-order valence-corrected chi connectivity index (χ2v) is 5.18. The predicted octanol–water partition coefficient (Wildman–Crippen LogP) is 1.80. The van der Waals surface area contributed by atoms with Gasteiger partial charge in [0.2, 0.25) is 0 Å². The molecule has 0 radical (unpaired) electrons. The third-order valence-electron chi connectivity index (χ3n) is 3.41. The monoisotopic (exact) mass is 287 g/mol. The van der Waals surface area contributed by atoms with E-state index in [0.717, 1.165) is 31.9 Å². The van der Waals surface area contributed by atoms with Crippen LogP contribution in [0.4, 0.5) is 0 Å². The molecule has 1 fully saturated rings. The highest BCUT2D eigenvalue weighted by Gasteiger charge is 2.27. The molecule has 1 aromatic carbocycles. The van der Waals surface area contributed by atoms with Crippen LogP contribution < -0.4 is 0 Å². The summed E-state index contributed by atoms with van der Waals surface area (Å²) in [6.07, 6.45) is 0. The molecule has 1 atom stereocenters. The zero-order valence-corrected chi connectivity index (χ0v) is 12.6. The van der Waals surface area contributed by atoms with E-state index in [1.54, 1.807) is 0 Å². The van der Waals surface area contributed by atoms with E-state index in [4.69, 9.17) is 9.47 Å². The minimum absolute atomic E-state index is 0.331. The summed E-state index contributed by atoms with van der Waals surface area (Å²) >= 11 is 0. The number of hydrogen-bond donors (Lipinski definition) is 0. The molecule has 0 amide bonds. The number of carbonyl (C=O) groups is 1. The van der Waals surface area contributed by atoms with Crippen LogP contribution in [-0.4, -0.2) is 43.7 Å². The first kappa shape index (κ1) is 15.6. The summed E-state index contributed by atoms with van der Waals surface area (Å²) in [6.45, 7) is 7.19. The zero-order chi connectivity index (χ0) is 15.1. The maximum Gasteiger partial charge on any atom is 0.304 e. The molecule has 1 heterocycles. The quantitative estimate of drug-likeness (QED) is 0.628. The Morgan fingerprint density at radius 2 is 2.00 bits per heavy atom. The van der Waals surface area contributed by atoms with Crippen molar-refractivity contribution in [3.63, 3.8) is 0 Å². The molecule has 1 aliphatic rings. The highest BCUT2D eigenvalue weighted by atomic mass is 16.6. The van der Waals surface area contributed by atoms with Crippen LogP contribution in [0.25, 0.3) is 0 Å². The zero-order valence-electron chi connectivity index (χ0n) is 12.6. The lowest BCUT2D eigenvalue weighted by Gasteiger charge is -2.26. The van der Waals surface area contributed by atoms with Gasteiger partial charge in [0, 0.05) is 25.6 Å². The maximum atomic E-state index is 11.4. The Morgan fingerprint density at radius 3 is 2.62 bits per heavy atom. The van der Waals surface area contributed by atoms with Crippen LogP contribution >= 0.6 is 0 Å². The average molecular weight is 287 g/mol. The van der Waals surface area contributed by atoms with E-state index >= 15 is 0 Å². The van der Waals surface area contributed by atoms with Crippen molar-refractivity contribution in [1.82, 2.24) is 4.90 Å². The van der Waals surface area contributed by atoms with Gasteiger partial charge in [0.05, 0.1) is 19.8 Å². The molecule has 0 unspecified atom stereocenters. The van der Waals surface area contributed by atoms with Crippen LogP contribution in [0.2, 0.25) is 0 Å². The third kappa shape index (κ3) is 4.59. The van der Waals surface area contributed by atoms with E-state index in [-0.39, 0.29) is 5.97 Å². The first-order valence-electron chi connectivity index (χ1n) is 7.15. The van der Waals surface area contributed by atoms with E-state index in [0.29, 0.717) is 6.54 Å². The summed E-state index contributed by atoms with van der Waals surface area (Å²) in [5, 5.41) is 0. The predicted molar refractivity (Wildman–Crippen MR) is 80.6 cm³/mol. The molecule has 0 aromatic heterocycles. The average Bonchev–Trinajstić information content (AvgIpc) is 2.48. The van der Waals surface area contributed by atoms with Crippen LogP contribution in [0.1, 0.15) is 19.4 Å². The van der Waals surface area contributed by atoms with Gasteiger partial charge < -0.3 is 9.47 Å². The molecule has 4 heteroatoms. The van der Waals surface area contributed by atoms with Gasteiger partial charge in [-0.15, -0.1) is 0 Å². The molecule has 4 nitrogen and oxygen atoms in total. The molecular formula is C17H21NO3. The number of morpholine rings is 1. The lowest BCUT2D eigenvalue weighted by Crippen LogP contribution is -2.36. The summed E-state index contributed by atoms with van der Waals surface area (Å²) in [5.74, 6) is 5.93. The van der Waals surface area contributed by atoms with Gasteiger partial charge in [0.25, 0.3) is 0 Å². The molecule has 0 aliphatic carbocycles. The number of rotatable bonds is 3. The molecule has 2 rings (SSSR count). The molecule has 0 bridgehead atoms. The van der Waals surface area contributed by atoms with Gasteiger partial charge in [-0.2, -0.15) is 0 Å². The van der Waals surface area contributed by atoms with Crippen molar-refractivity contribution in [3.05, 3.63) is 35.9 Å². The summed E-state index contributed by atoms with van der Waals surface area (Å²) < 4.78 is 10.8. The van der Waals surface area contributed by atoms with E-state index in [1.165, 1.54) is 6.92 Å². The Balaban J connectivity index is 2.11. The number of carbonyl (C=O) groups excluding carboxylic acids is 1. The van der Waals surface area contributed by atoms with E-state index in [1.807, 2.05) is 37.3 Å². The van der Waals surface area contributed by atoms with Crippen molar-refractivity contribution in [2.24, 2.45) is 0 Å². The Hall–Kier alpha value is -1.83. The van der Waals surface area contributed by atoms with Crippen molar-refractivity contribution in [2.75, 3.05) is 32.8 Å². The molecular weight excluding hydrogens is 266 g/mol. The summed E-state index contributed by atoms with van der Waals surface area (Å²) in [5.41, 5.74) is -0.0194. The molecule has 1 aliphatic heterocycles. The van der Waals surface area contributed by atoms with E-state index < -0.39 is 5.60 Å². The second kappa shape index (κ2) is 7.26. The SMILES string of the molecule is CC(=O)O[C@](C)(C#CCN1CCOCC1)c1ccccc1. The lowest BCUT2D eigenvalue weighted by molar-refractivity contribution is -0.151. The fourth-order valence-corrected chi connectivity index (χ4v) is 2.28. The minimum Gasteiger partial charge on any atom is -0.442 e. The Labute approximate surface area is 126 Å². The minimum atomic E-state index is -0.903. The van der Waals surface area contributed by atoms with Gasteiger partial charge in [-0.3, -0.25) is 9.69 Å². The van der Waals surface area contributed by atoms with Crippen molar-refractivity contribution >= 4 is 5.97 Å². The summed E-state index contributed by atoms with van der Waals surface area (Å²) in [7, 11) is 0. The van der Waals surface area contributed by atoms with E-state index in [2.05, 4.69) is 16.7 Å². The largest absolute Gasteiger partial charge is 0.442 e. The van der Waals surface area contributed by atoms with Gasteiger partial charge in [-0.25, -0.2) is 0 Å². The van der Waals surface area contributed by atoms with Crippen molar-refractivity contribution in [3.8, 4) is 11.8 Å². The second-order valence-electron chi connectivity index (χ2n) is 5.18. The van der Waals surface area contributed by atoms with Crippen molar-refractivity contribution < 1.29 is 14.3 Å². The highest BCUT2D eigenvalue weighted by molar-refractivity contribution is 5.67. The topological polar surface area (TPSA) is 38.8 Å². The van der Waals surface area contributed by atoms with E-state index in [9.17, 15) is 4.79 Å². The Bertz CT molecular complexity index is 526. The Morgan fingerprint density at radius 1 is 1.33 bits per heavy atom. The van der Waals surface area contributed by atoms with Gasteiger partial charge >= 0.3 is 5.97 Å². The Kier molecular flexibility index (Phi) is 5.38. The van der Waals surface area contributed by atoms with Gasteiger partial charge in [-0.05, 0) is 12.8 Å². The van der Waals surface area contributed by atoms with Crippen LogP contribution in [0.5, 0.6) is 0 Å². The molecule has 1 aromatic rings. The molecule has 1 saturated heterocycles.